The molecule has 14 rings (SSSR count). The first kappa shape index (κ1) is 116. The number of aromatic nitrogens is 8. The fourth-order valence-corrected chi connectivity index (χ4v) is 16.5. The van der Waals surface area contributed by atoms with E-state index < -0.39 is 20.9 Å². The van der Waals surface area contributed by atoms with E-state index in [2.05, 4.69) is 178 Å². The number of ether oxygens (including phenoxy) is 9. The minimum absolute atomic E-state index is 0. The molecule has 6 unspecified atom stereocenters. The number of aldehydes is 1. The van der Waals surface area contributed by atoms with Crippen molar-refractivity contribution in [2.75, 3.05) is 86.9 Å². The summed E-state index contributed by atoms with van der Waals surface area (Å²) in [6.45, 7) is 20.8. The average molecular weight is 1960 g/mol. The fourth-order valence-electron chi connectivity index (χ4n) is 16.5. The summed E-state index contributed by atoms with van der Waals surface area (Å²) in [5.74, 6) is 5.39. The Morgan fingerprint density at radius 3 is 1.06 bits per heavy atom. The second-order valence-corrected chi connectivity index (χ2v) is 33.6. The van der Waals surface area contributed by atoms with Crippen LogP contribution in [0, 0.1) is 34.6 Å². The van der Waals surface area contributed by atoms with Crippen molar-refractivity contribution >= 4 is 58.7 Å². The van der Waals surface area contributed by atoms with Gasteiger partial charge in [-0.25, -0.2) is 19.9 Å². The third-order valence-corrected chi connectivity index (χ3v) is 23.6. The molecular weight excluding hydrogens is 1830 g/mol. The molecule has 737 valence electrons. The number of hydrogen-bond donors (Lipinski definition) is 6. The van der Waals surface area contributed by atoms with Gasteiger partial charge in [0.05, 0.1) is 75.1 Å². The zero-order valence-corrected chi connectivity index (χ0v) is 84.6. The summed E-state index contributed by atoms with van der Waals surface area (Å²) in [4.78, 5) is 70.7. The first-order chi connectivity index (χ1) is 66.4. The molecule has 0 aliphatic rings. The number of nitrogens with zero attached hydrogens (tertiary/aromatic N) is 8. The number of nitrogen functional groups attached to an aromatic ring is 4. The van der Waals surface area contributed by atoms with Crippen LogP contribution in [0.5, 0.6) is 52.5 Å². The zero-order chi connectivity index (χ0) is 100. The Balaban J connectivity index is 0.000000310. The van der Waals surface area contributed by atoms with Gasteiger partial charge in [-0.2, -0.15) is 19.9 Å². The molecule has 4 heterocycles. The van der Waals surface area contributed by atoms with Crippen molar-refractivity contribution in [2.24, 2.45) is 0 Å². The third-order valence-electron chi connectivity index (χ3n) is 23.6. The molecule has 0 saturated carbocycles. The van der Waals surface area contributed by atoms with E-state index in [1.807, 2.05) is 131 Å². The molecule has 6 atom stereocenters. The van der Waals surface area contributed by atoms with E-state index in [-0.39, 0.29) is 126 Å². The first-order valence-electron chi connectivity index (χ1n) is 44.8. The molecule has 0 fully saturated rings. The summed E-state index contributed by atoms with van der Waals surface area (Å²) in [6.07, 6.45) is 11.0. The second-order valence-electron chi connectivity index (χ2n) is 33.4. The van der Waals surface area contributed by atoms with Crippen LogP contribution in [-0.2, 0) is 61.0 Å². The van der Waals surface area contributed by atoms with Crippen LogP contribution >= 0.6 is 0 Å². The molecule has 4 aromatic heterocycles. The number of aliphatic hydroxyl groups is 1. The number of nitrogens with two attached hydrogens (primary N) is 4. The Morgan fingerprint density at radius 1 is 0.355 bits per heavy atom. The van der Waals surface area contributed by atoms with Crippen LogP contribution in [-0.4, -0.2) is 144 Å². The van der Waals surface area contributed by atoms with Crippen molar-refractivity contribution < 1.29 is 105 Å². The van der Waals surface area contributed by atoms with Crippen molar-refractivity contribution in [1.29, 1.82) is 0 Å². The minimum atomic E-state index is -1.44. The number of carbonyl (C=O) groups is 3. The van der Waals surface area contributed by atoms with Crippen molar-refractivity contribution in [3.63, 3.8) is 0 Å². The van der Waals surface area contributed by atoms with Gasteiger partial charge < -0.3 is 78.3 Å². The summed E-state index contributed by atoms with van der Waals surface area (Å²) in [6, 6.07) is 71.7. The maximum atomic E-state index is 13.5. The fraction of sp³-hybridized carbons (Fsp3) is 0.282. The van der Waals surface area contributed by atoms with Gasteiger partial charge in [0, 0.05) is 53.5 Å². The number of methoxy groups -OCH3 is 9. The van der Waals surface area contributed by atoms with Crippen LogP contribution in [0.15, 0.2) is 237 Å². The summed E-state index contributed by atoms with van der Waals surface area (Å²) < 4.78 is 64.9. The van der Waals surface area contributed by atoms with E-state index in [1.165, 1.54) is 86.0 Å². The topological polar surface area (TPSA) is 431 Å². The van der Waals surface area contributed by atoms with Gasteiger partial charge in [-0.15, -0.1) is 0 Å². The van der Waals surface area contributed by atoms with Crippen molar-refractivity contribution in [2.45, 2.75) is 143 Å². The maximum absolute atomic E-state index is 13.5. The van der Waals surface area contributed by atoms with Gasteiger partial charge in [0.2, 0.25) is 23.7 Å². The number of rotatable bonds is 33. The summed E-state index contributed by atoms with van der Waals surface area (Å²) in [7, 11) is 14.1. The zero-order valence-electron chi connectivity index (χ0n) is 84.4. The Hall–Kier alpha value is -13.9. The van der Waals surface area contributed by atoms with Crippen LogP contribution in [0.25, 0.3) is 0 Å². The average Bonchev–Trinajstić information content (AvgIpc) is 0.771. The van der Waals surface area contributed by atoms with Gasteiger partial charge in [-0.1, -0.05) is 217 Å². The van der Waals surface area contributed by atoms with Crippen molar-refractivity contribution in [3.05, 3.63) is 371 Å². The van der Waals surface area contributed by atoms with Gasteiger partial charge in [-0.05, 0) is 221 Å². The first-order valence-corrected chi connectivity index (χ1v) is 45.8. The number of hydrogen-bond acceptors (Lipinski definition) is 28. The molecule has 141 heavy (non-hydrogen) atoms. The van der Waals surface area contributed by atoms with Gasteiger partial charge in [0.15, 0.2) is 28.9 Å². The number of ketones is 2. The molecule has 14 aromatic rings. The van der Waals surface area contributed by atoms with E-state index in [0.29, 0.717) is 58.0 Å². The Morgan fingerprint density at radius 2 is 0.674 bits per heavy atom. The quantitative estimate of drug-likeness (QED) is 0.0126. The standard InChI is InChI=1S/C24H28N2O4.C24H26N2O4.C22H24N4O2.C22H26N4O.C18H20O2.Al.Li.Mn.H3N.2O.4H/c2*1-15(11-17-9-7-6-8-10-17)18-12-16(2)21(28-3)13-19(18)22(27)20-14-25-24(30-5)26-23(20)29-4;1-13(9-15-7-5-4-6-8-15)16-10-14(2)19(28-3)11-17(16)20(27)18-12-25-22(24)26-21(18)23;1-14(9-16-7-5-4-6-8-16)19-10-15(2)20(27-3)12-17(19)11-18-13-25-22(24)26-21(18)23;1-13(9-15-7-5-4-6-8-15)17-10-14(2)18(20-3)11-16(17)12-19;;;;;;;;;;/h6-10,12-15,22,27H,11H2,1-5H3;6-10,12-15H,11H2,1-5H3;4-8,10-13H,9H2,1-3H3,(H4,23,24,25,26);4-8,10,12-14H,9,11H2,1-3H3,(H4,23,24,25,26);4-8,10-13H,9H2,1-3H3;;;;1H3;;;;;;/q;;;;;;+1;;;;;;;;-1. The molecule has 0 saturated heterocycles. The summed E-state index contributed by atoms with van der Waals surface area (Å²) in [5.41, 5.74) is 45.4. The van der Waals surface area contributed by atoms with Crippen molar-refractivity contribution in [1.82, 2.24) is 46.0 Å². The molecule has 0 spiro atoms. The van der Waals surface area contributed by atoms with E-state index in [1.54, 1.807) is 53.9 Å². The van der Waals surface area contributed by atoms with Crippen LogP contribution in [0.3, 0.4) is 0 Å². The van der Waals surface area contributed by atoms with Gasteiger partial charge in [0.25, 0.3) is 0 Å². The molecule has 28 nitrogen and oxygen atoms in total. The van der Waals surface area contributed by atoms with E-state index in [9.17, 15) is 19.5 Å². The number of aryl methyl sites for hydroxylation is 5. The summed E-state index contributed by atoms with van der Waals surface area (Å²) >= 11 is -1.44. The third kappa shape index (κ3) is 32.1. The molecule has 10 aromatic carbocycles. The predicted molar refractivity (Wildman–Crippen MR) is 550 cm³/mol. The number of anilines is 4. The van der Waals surface area contributed by atoms with Crippen molar-refractivity contribution in [3.8, 4) is 52.5 Å². The summed E-state index contributed by atoms with van der Waals surface area (Å²) in [5, 5.41) is 11.3. The Bertz CT molecular complexity index is 6450. The van der Waals surface area contributed by atoms with E-state index >= 15 is 0 Å². The SMILES string of the molecule is COc1cc(C(=O)c2cnc(N)nc2N)c(C(C)Cc2ccccc2)cc1C.COc1cc(C=O)c(C(C)Cc2ccccc2)cc1C.COc1cc(Cc2cnc(N)nc2N)c(C(C)Cc2ccccc2)cc1C.COc1ncc(C(=O)c2cc(OC)c(C)cc2C(C)Cc2ccccc2)c(OC)n1.COc1ncc(C(O)c2cc(OC)c(C)cc2C(C)Cc2ccccc2)c(OC)n1.N.[AlH3].[H-].[Li+].[O]=[Mn]=[O]. The normalized spacial score (nSPS) is 11.6. The van der Waals surface area contributed by atoms with Crippen LogP contribution < -0.4 is 90.6 Å². The Kier molecular flexibility index (Phi) is 47.3. The molecule has 12 N–H and O–H groups in total. The van der Waals surface area contributed by atoms with Gasteiger partial charge in [-0.3, -0.25) is 14.4 Å². The molecule has 0 aliphatic carbocycles. The molecule has 31 heteroatoms. The predicted octanol–water partition coefficient (Wildman–Crippen LogP) is 16.1. The van der Waals surface area contributed by atoms with Gasteiger partial charge >= 0.3 is 53.4 Å². The second kappa shape index (κ2) is 57.6. The molecule has 0 radical (unpaired) electrons. The number of carbonyl (C=O) groups excluding carboxylic acids is 3. The van der Waals surface area contributed by atoms with Gasteiger partial charge in [0.1, 0.15) is 58.3 Å². The molecular formula is C110H131AlLiMnN13O15. The molecule has 0 aliphatic heterocycles. The molecule has 0 bridgehead atoms. The number of benzene rings is 10. The van der Waals surface area contributed by atoms with E-state index in [0.717, 1.165) is 117 Å². The monoisotopic (exact) mass is 1960 g/mol. The molecule has 0 amide bonds. The van der Waals surface area contributed by atoms with Crippen LogP contribution in [0.2, 0.25) is 0 Å². The Labute approximate surface area is 857 Å². The van der Waals surface area contributed by atoms with E-state index in [4.69, 9.17) is 73.2 Å². The number of aliphatic hydroxyl groups excluding tert-OH is 1. The van der Waals surface area contributed by atoms with Crippen LogP contribution in [0.4, 0.5) is 23.5 Å². The van der Waals surface area contributed by atoms with Crippen LogP contribution in [0.1, 0.15) is 220 Å².